The first-order valence-corrected chi connectivity index (χ1v) is 10.5. The maximum Gasteiger partial charge on any atom is 0.283 e. The molecule has 0 spiro atoms. The van der Waals surface area contributed by atoms with Gasteiger partial charge in [-0.05, 0) is 49.7 Å². The normalized spacial score (nSPS) is 11.0. The predicted molar refractivity (Wildman–Crippen MR) is 120 cm³/mol. The zero-order chi connectivity index (χ0) is 22.4. The fourth-order valence-electron chi connectivity index (χ4n) is 2.66. The summed E-state index contributed by atoms with van der Waals surface area (Å²) in [5, 5.41) is 4.57. The van der Waals surface area contributed by atoms with E-state index in [4.69, 9.17) is 26.8 Å². The van der Waals surface area contributed by atoms with Crippen molar-refractivity contribution >= 4 is 40.2 Å². The molecule has 0 unspecified atom stereocenters. The SMILES string of the molecule is CCOc1cc(/C=N\NC(=O)c2sc(N)nc2C)ccc1OCc1c(F)cccc1Cl. The van der Waals surface area contributed by atoms with Crippen LogP contribution in [0.5, 0.6) is 11.5 Å². The van der Waals surface area contributed by atoms with Crippen molar-refractivity contribution in [1.29, 1.82) is 0 Å². The molecule has 31 heavy (non-hydrogen) atoms. The molecule has 0 saturated heterocycles. The Morgan fingerprint density at radius 1 is 1.32 bits per heavy atom. The van der Waals surface area contributed by atoms with Gasteiger partial charge in [0.1, 0.15) is 17.3 Å². The summed E-state index contributed by atoms with van der Waals surface area (Å²) in [6.07, 6.45) is 1.47. The Morgan fingerprint density at radius 3 is 2.81 bits per heavy atom. The molecule has 3 N–H and O–H groups in total. The van der Waals surface area contributed by atoms with Crippen molar-refractivity contribution in [2.75, 3.05) is 12.3 Å². The van der Waals surface area contributed by atoms with Gasteiger partial charge in [0.2, 0.25) is 0 Å². The molecular weight excluding hydrogens is 443 g/mol. The number of halogens is 2. The molecule has 2 aromatic carbocycles. The van der Waals surface area contributed by atoms with Gasteiger partial charge < -0.3 is 15.2 Å². The largest absolute Gasteiger partial charge is 0.490 e. The molecule has 0 aliphatic heterocycles. The van der Waals surface area contributed by atoms with Crippen molar-refractivity contribution in [3.8, 4) is 11.5 Å². The molecule has 0 aliphatic rings. The fourth-order valence-corrected chi connectivity index (χ4v) is 3.60. The lowest BCUT2D eigenvalue weighted by atomic mass is 10.2. The minimum Gasteiger partial charge on any atom is -0.490 e. The van der Waals surface area contributed by atoms with Crippen LogP contribution in [0.1, 0.15) is 33.4 Å². The predicted octanol–water partition coefficient (Wildman–Crippen LogP) is 4.57. The number of nitrogen functional groups attached to an aromatic ring is 1. The topological polar surface area (TPSA) is 98.8 Å². The second-order valence-corrected chi connectivity index (χ2v) is 7.73. The third-order valence-electron chi connectivity index (χ3n) is 4.10. The van der Waals surface area contributed by atoms with Gasteiger partial charge in [0, 0.05) is 5.56 Å². The van der Waals surface area contributed by atoms with Crippen molar-refractivity contribution in [1.82, 2.24) is 10.4 Å². The highest BCUT2D eigenvalue weighted by atomic mass is 35.5. The number of carbonyl (C=O) groups is 1. The molecule has 1 amide bonds. The van der Waals surface area contributed by atoms with E-state index >= 15 is 0 Å². The first-order valence-electron chi connectivity index (χ1n) is 9.28. The van der Waals surface area contributed by atoms with Gasteiger partial charge in [0.15, 0.2) is 16.6 Å². The number of anilines is 1. The number of hydrazone groups is 1. The van der Waals surface area contributed by atoms with Crippen LogP contribution in [-0.2, 0) is 6.61 Å². The van der Waals surface area contributed by atoms with Crippen LogP contribution in [0.25, 0.3) is 0 Å². The number of nitrogens with zero attached hydrogens (tertiary/aromatic N) is 2. The van der Waals surface area contributed by atoms with Gasteiger partial charge in [-0.2, -0.15) is 5.10 Å². The Hall–Kier alpha value is -3.17. The van der Waals surface area contributed by atoms with Crippen molar-refractivity contribution in [3.05, 3.63) is 68.9 Å². The number of benzene rings is 2. The number of hydrogen-bond acceptors (Lipinski definition) is 7. The number of nitrogens with one attached hydrogen (secondary N) is 1. The zero-order valence-corrected chi connectivity index (χ0v) is 18.4. The van der Waals surface area contributed by atoms with Crippen molar-refractivity contribution in [3.63, 3.8) is 0 Å². The maximum atomic E-state index is 14.0. The number of ether oxygens (including phenoxy) is 2. The number of carbonyl (C=O) groups excluding carboxylic acids is 1. The average molecular weight is 463 g/mol. The van der Waals surface area contributed by atoms with Crippen LogP contribution in [0.3, 0.4) is 0 Å². The summed E-state index contributed by atoms with van der Waals surface area (Å²) in [5.74, 6) is 0.0482. The van der Waals surface area contributed by atoms with Crippen LogP contribution >= 0.6 is 22.9 Å². The molecule has 0 fully saturated rings. The highest BCUT2D eigenvalue weighted by Crippen LogP contribution is 2.30. The van der Waals surface area contributed by atoms with Crippen LogP contribution < -0.4 is 20.6 Å². The van der Waals surface area contributed by atoms with E-state index in [1.807, 2.05) is 6.92 Å². The van der Waals surface area contributed by atoms with E-state index in [-0.39, 0.29) is 17.2 Å². The summed E-state index contributed by atoms with van der Waals surface area (Å²) < 4.78 is 25.3. The highest BCUT2D eigenvalue weighted by molar-refractivity contribution is 7.17. The number of thiazole rings is 1. The number of hydrogen-bond donors (Lipinski definition) is 2. The van der Waals surface area contributed by atoms with Crippen molar-refractivity contribution in [2.45, 2.75) is 20.5 Å². The van der Waals surface area contributed by atoms with Crippen LogP contribution in [0.15, 0.2) is 41.5 Å². The summed E-state index contributed by atoms with van der Waals surface area (Å²) in [6.45, 7) is 3.89. The Morgan fingerprint density at radius 2 is 2.13 bits per heavy atom. The van der Waals surface area contributed by atoms with Gasteiger partial charge in [-0.1, -0.05) is 29.0 Å². The summed E-state index contributed by atoms with van der Waals surface area (Å²) in [4.78, 5) is 16.6. The molecule has 10 heteroatoms. The number of aryl methyl sites for hydroxylation is 1. The quantitative estimate of drug-likeness (QED) is 0.377. The standard InChI is InChI=1S/C21H20ClFN4O3S/c1-3-29-18-9-13(10-25-27-20(28)19-12(2)26-21(24)31-19)7-8-17(18)30-11-14-15(22)5-4-6-16(14)23/h4-10H,3,11H2,1-2H3,(H2,24,26)(H,27,28)/b25-10-. The minimum atomic E-state index is -0.442. The molecule has 0 bridgehead atoms. The molecule has 1 heterocycles. The number of amides is 1. The smallest absolute Gasteiger partial charge is 0.283 e. The average Bonchev–Trinajstić information content (AvgIpc) is 3.07. The molecule has 7 nitrogen and oxygen atoms in total. The molecule has 3 rings (SSSR count). The number of nitrogens with two attached hydrogens (primary N) is 1. The summed E-state index contributed by atoms with van der Waals surface area (Å²) in [7, 11) is 0. The Balaban J connectivity index is 1.70. The summed E-state index contributed by atoms with van der Waals surface area (Å²) in [6, 6.07) is 9.56. The Labute approximate surface area is 187 Å². The molecule has 0 radical (unpaired) electrons. The van der Waals surface area contributed by atoms with E-state index in [1.165, 1.54) is 18.3 Å². The monoisotopic (exact) mass is 462 g/mol. The van der Waals surface area contributed by atoms with Gasteiger partial charge >= 0.3 is 0 Å². The Kier molecular flexibility index (Phi) is 7.43. The van der Waals surface area contributed by atoms with Crippen molar-refractivity contribution in [2.24, 2.45) is 5.10 Å². The highest BCUT2D eigenvalue weighted by Gasteiger charge is 2.14. The first kappa shape index (κ1) is 22.5. The van der Waals surface area contributed by atoms with E-state index in [2.05, 4.69) is 15.5 Å². The molecule has 1 aromatic heterocycles. The van der Waals surface area contributed by atoms with Crippen LogP contribution in [-0.4, -0.2) is 23.7 Å². The minimum absolute atomic E-state index is 0.0492. The molecule has 0 aliphatic carbocycles. The Bertz CT molecular complexity index is 1100. The lowest BCUT2D eigenvalue weighted by molar-refractivity contribution is 0.0958. The van der Waals surface area contributed by atoms with Gasteiger partial charge in [0.25, 0.3) is 5.91 Å². The number of rotatable bonds is 8. The van der Waals surface area contributed by atoms with E-state index < -0.39 is 11.7 Å². The van der Waals surface area contributed by atoms with E-state index in [0.717, 1.165) is 11.3 Å². The van der Waals surface area contributed by atoms with Gasteiger partial charge in [-0.3, -0.25) is 4.79 Å². The molecule has 0 atom stereocenters. The summed E-state index contributed by atoms with van der Waals surface area (Å²) >= 11 is 7.14. The molecular formula is C21H20ClFN4O3S. The van der Waals surface area contributed by atoms with Gasteiger partial charge in [-0.15, -0.1) is 0 Å². The van der Waals surface area contributed by atoms with E-state index in [9.17, 15) is 9.18 Å². The third-order valence-corrected chi connectivity index (χ3v) is 5.44. The van der Waals surface area contributed by atoms with Crippen LogP contribution in [0, 0.1) is 12.7 Å². The lowest BCUT2D eigenvalue weighted by Crippen LogP contribution is -2.17. The second kappa shape index (κ2) is 10.2. The van der Waals surface area contributed by atoms with Crippen LogP contribution in [0.4, 0.5) is 9.52 Å². The fraction of sp³-hybridized carbons (Fsp3) is 0.190. The van der Waals surface area contributed by atoms with Gasteiger partial charge in [0.05, 0.1) is 23.5 Å². The second-order valence-electron chi connectivity index (χ2n) is 6.29. The molecule has 0 saturated carbocycles. The summed E-state index contributed by atoms with van der Waals surface area (Å²) in [5.41, 5.74) is 9.53. The first-order chi connectivity index (χ1) is 14.9. The van der Waals surface area contributed by atoms with Crippen LogP contribution in [0.2, 0.25) is 5.02 Å². The van der Waals surface area contributed by atoms with Crippen molar-refractivity contribution < 1.29 is 18.7 Å². The third kappa shape index (κ3) is 5.71. The van der Waals surface area contributed by atoms with E-state index in [1.54, 1.807) is 31.2 Å². The van der Waals surface area contributed by atoms with E-state index in [0.29, 0.717) is 39.4 Å². The number of aromatic nitrogens is 1. The molecule has 3 aromatic rings. The maximum absolute atomic E-state index is 14.0. The van der Waals surface area contributed by atoms with Gasteiger partial charge in [-0.25, -0.2) is 14.8 Å². The zero-order valence-electron chi connectivity index (χ0n) is 16.8. The lowest BCUT2D eigenvalue weighted by Gasteiger charge is -2.13. The molecule has 162 valence electrons.